The van der Waals surface area contributed by atoms with Gasteiger partial charge in [-0.1, -0.05) is 6.07 Å². The highest BCUT2D eigenvalue weighted by atomic mass is 16.5. The minimum absolute atomic E-state index is 0.0315. The van der Waals surface area contributed by atoms with Crippen LogP contribution >= 0.6 is 0 Å². The van der Waals surface area contributed by atoms with Crippen LogP contribution in [0.4, 0.5) is 0 Å². The zero-order valence-corrected chi connectivity index (χ0v) is 7.95. The van der Waals surface area contributed by atoms with Gasteiger partial charge in [-0.2, -0.15) is 0 Å². The molecule has 13 heavy (non-hydrogen) atoms. The molecule has 0 spiro atoms. The summed E-state index contributed by atoms with van der Waals surface area (Å²) in [5.41, 5.74) is 7.53. The number of methoxy groups -OCH3 is 1. The van der Waals surface area contributed by atoms with Crippen molar-refractivity contribution >= 4 is 0 Å². The molecule has 0 fully saturated rings. The molecule has 0 aliphatic heterocycles. The van der Waals surface area contributed by atoms with Crippen molar-refractivity contribution in [2.24, 2.45) is 5.73 Å². The van der Waals surface area contributed by atoms with E-state index in [2.05, 4.69) is 0 Å². The number of rotatable bonds is 3. The van der Waals surface area contributed by atoms with Crippen LogP contribution in [0.2, 0.25) is 0 Å². The maximum atomic E-state index is 8.93. The number of nitrogens with two attached hydrogens (primary N) is 1. The lowest BCUT2D eigenvalue weighted by Gasteiger charge is -2.12. The van der Waals surface area contributed by atoms with Crippen molar-refractivity contribution in [3.8, 4) is 5.75 Å². The second-order valence-electron chi connectivity index (χ2n) is 3.02. The monoisotopic (exact) mass is 181 g/mol. The number of aliphatic hydroxyl groups excluding tert-OH is 1. The molecule has 0 saturated heterocycles. The number of hydrogen-bond acceptors (Lipinski definition) is 3. The van der Waals surface area contributed by atoms with E-state index in [9.17, 15) is 0 Å². The van der Waals surface area contributed by atoms with Gasteiger partial charge in [0.15, 0.2) is 0 Å². The van der Waals surface area contributed by atoms with E-state index in [0.29, 0.717) is 0 Å². The van der Waals surface area contributed by atoms with Crippen molar-refractivity contribution < 1.29 is 9.84 Å². The van der Waals surface area contributed by atoms with E-state index in [4.69, 9.17) is 15.6 Å². The van der Waals surface area contributed by atoms with Crippen molar-refractivity contribution in [3.63, 3.8) is 0 Å². The van der Waals surface area contributed by atoms with Crippen LogP contribution in [0.15, 0.2) is 18.2 Å². The van der Waals surface area contributed by atoms with Crippen LogP contribution < -0.4 is 10.5 Å². The topological polar surface area (TPSA) is 55.5 Å². The number of hydrogen-bond donors (Lipinski definition) is 2. The molecule has 0 amide bonds. The highest BCUT2D eigenvalue weighted by Gasteiger charge is 2.07. The first-order chi connectivity index (χ1) is 6.19. The first kappa shape index (κ1) is 10.0. The average Bonchev–Trinajstić information content (AvgIpc) is 2.16. The largest absolute Gasteiger partial charge is 0.496 e. The van der Waals surface area contributed by atoms with Crippen LogP contribution in [0.25, 0.3) is 0 Å². The quantitative estimate of drug-likeness (QED) is 0.736. The van der Waals surface area contributed by atoms with Crippen LogP contribution in [-0.4, -0.2) is 12.2 Å². The average molecular weight is 181 g/mol. The molecule has 72 valence electrons. The van der Waals surface area contributed by atoms with E-state index in [1.807, 2.05) is 25.1 Å². The summed E-state index contributed by atoms with van der Waals surface area (Å²) < 4.78 is 5.14. The Bertz CT molecular complexity index is 284. The summed E-state index contributed by atoms with van der Waals surface area (Å²) in [5, 5.41) is 8.93. The Morgan fingerprint density at radius 2 is 2.23 bits per heavy atom. The van der Waals surface area contributed by atoms with Crippen molar-refractivity contribution in [2.75, 3.05) is 7.11 Å². The van der Waals surface area contributed by atoms with Gasteiger partial charge in [0.05, 0.1) is 13.7 Å². The molecular formula is C10H15NO2. The Balaban J connectivity index is 3.10. The summed E-state index contributed by atoms with van der Waals surface area (Å²) >= 11 is 0. The third-order valence-electron chi connectivity index (χ3n) is 1.97. The molecule has 0 heterocycles. The second kappa shape index (κ2) is 4.25. The van der Waals surface area contributed by atoms with E-state index in [0.717, 1.165) is 16.9 Å². The molecular weight excluding hydrogens is 166 g/mol. The van der Waals surface area contributed by atoms with Gasteiger partial charge in [0.25, 0.3) is 0 Å². The van der Waals surface area contributed by atoms with Gasteiger partial charge in [0, 0.05) is 11.6 Å². The predicted molar refractivity (Wildman–Crippen MR) is 51.5 cm³/mol. The number of ether oxygens (including phenoxy) is 1. The van der Waals surface area contributed by atoms with Crippen molar-refractivity contribution in [2.45, 2.75) is 19.6 Å². The number of benzene rings is 1. The normalized spacial score (nSPS) is 12.6. The van der Waals surface area contributed by atoms with Gasteiger partial charge in [-0.15, -0.1) is 0 Å². The molecule has 1 aromatic rings. The molecule has 1 aromatic carbocycles. The first-order valence-electron chi connectivity index (χ1n) is 4.22. The maximum absolute atomic E-state index is 8.93. The first-order valence-corrected chi connectivity index (χ1v) is 4.22. The second-order valence-corrected chi connectivity index (χ2v) is 3.02. The molecule has 3 heteroatoms. The van der Waals surface area contributed by atoms with Crippen molar-refractivity contribution in [3.05, 3.63) is 29.3 Å². The summed E-state index contributed by atoms with van der Waals surface area (Å²) in [7, 11) is 1.61. The lowest BCUT2D eigenvalue weighted by molar-refractivity contribution is 0.281. The standard InChI is InChI=1S/C10H15NO2/c1-7(11)9-5-8(6-12)3-4-10(9)13-2/h3-5,7,12H,6,11H2,1-2H3/t7-/m1/s1. The Hall–Kier alpha value is -1.06. The molecule has 0 aliphatic rings. The number of aliphatic hydroxyl groups is 1. The smallest absolute Gasteiger partial charge is 0.123 e. The molecule has 0 aromatic heterocycles. The van der Waals surface area contributed by atoms with Crippen molar-refractivity contribution in [1.29, 1.82) is 0 Å². The summed E-state index contributed by atoms with van der Waals surface area (Å²) in [6, 6.07) is 5.43. The van der Waals surface area contributed by atoms with Crippen LogP contribution in [0.5, 0.6) is 5.75 Å². The predicted octanol–water partition coefficient (Wildman–Crippen LogP) is 1.21. The molecule has 1 rings (SSSR count). The Kier molecular flexibility index (Phi) is 3.28. The van der Waals surface area contributed by atoms with Gasteiger partial charge < -0.3 is 15.6 Å². The van der Waals surface area contributed by atoms with Crippen molar-refractivity contribution in [1.82, 2.24) is 0 Å². The fraction of sp³-hybridized carbons (Fsp3) is 0.400. The Morgan fingerprint density at radius 1 is 1.54 bits per heavy atom. The molecule has 0 saturated carbocycles. The minimum atomic E-state index is -0.0820. The van der Waals surface area contributed by atoms with Crippen LogP contribution in [0.3, 0.4) is 0 Å². The molecule has 0 bridgehead atoms. The van der Waals surface area contributed by atoms with E-state index >= 15 is 0 Å². The summed E-state index contributed by atoms with van der Waals surface area (Å²) in [6.45, 7) is 1.92. The SMILES string of the molecule is COc1ccc(CO)cc1[C@@H](C)N. The fourth-order valence-corrected chi connectivity index (χ4v) is 1.24. The highest BCUT2D eigenvalue weighted by Crippen LogP contribution is 2.24. The van der Waals surface area contributed by atoms with E-state index in [1.165, 1.54) is 0 Å². The van der Waals surface area contributed by atoms with Crippen LogP contribution in [-0.2, 0) is 6.61 Å². The summed E-state index contributed by atoms with van der Waals surface area (Å²) in [4.78, 5) is 0. The van der Waals surface area contributed by atoms with E-state index < -0.39 is 0 Å². The van der Waals surface area contributed by atoms with Gasteiger partial charge >= 0.3 is 0 Å². The highest BCUT2D eigenvalue weighted by molar-refractivity contribution is 5.38. The Labute approximate surface area is 78.1 Å². The van der Waals surface area contributed by atoms with Gasteiger partial charge in [-0.3, -0.25) is 0 Å². The Morgan fingerprint density at radius 3 is 2.69 bits per heavy atom. The zero-order chi connectivity index (χ0) is 9.84. The summed E-state index contributed by atoms with van der Waals surface area (Å²) in [6.07, 6.45) is 0. The summed E-state index contributed by atoms with van der Waals surface area (Å²) in [5.74, 6) is 0.771. The van der Waals surface area contributed by atoms with Gasteiger partial charge in [-0.05, 0) is 24.6 Å². The molecule has 0 aliphatic carbocycles. The zero-order valence-electron chi connectivity index (χ0n) is 7.95. The molecule has 0 radical (unpaired) electrons. The molecule has 3 N–H and O–H groups in total. The molecule has 0 unspecified atom stereocenters. The third-order valence-corrected chi connectivity index (χ3v) is 1.97. The van der Waals surface area contributed by atoms with E-state index in [1.54, 1.807) is 7.11 Å². The minimum Gasteiger partial charge on any atom is -0.496 e. The van der Waals surface area contributed by atoms with Gasteiger partial charge in [0.1, 0.15) is 5.75 Å². The van der Waals surface area contributed by atoms with E-state index in [-0.39, 0.29) is 12.6 Å². The fourth-order valence-electron chi connectivity index (χ4n) is 1.24. The third kappa shape index (κ3) is 2.20. The van der Waals surface area contributed by atoms with Gasteiger partial charge in [-0.25, -0.2) is 0 Å². The molecule has 3 nitrogen and oxygen atoms in total. The van der Waals surface area contributed by atoms with Crippen LogP contribution in [0, 0.1) is 0 Å². The van der Waals surface area contributed by atoms with Crippen LogP contribution in [0.1, 0.15) is 24.1 Å². The lowest BCUT2D eigenvalue weighted by Crippen LogP contribution is -2.07. The maximum Gasteiger partial charge on any atom is 0.123 e. The molecule has 1 atom stereocenters. The lowest BCUT2D eigenvalue weighted by atomic mass is 10.0. The van der Waals surface area contributed by atoms with Gasteiger partial charge in [0.2, 0.25) is 0 Å².